The van der Waals surface area contributed by atoms with Gasteiger partial charge >= 0.3 is 0 Å². The van der Waals surface area contributed by atoms with Crippen molar-refractivity contribution in [3.05, 3.63) is 23.5 Å². The molecule has 2 aromatic heterocycles. The Morgan fingerprint density at radius 1 is 1.43 bits per heavy atom. The predicted octanol–water partition coefficient (Wildman–Crippen LogP) is 1.69. The lowest BCUT2D eigenvalue weighted by Crippen LogP contribution is -2.55. The maximum absolute atomic E-state index is 13.1. The topological polar surface area (TPSA) is 69.0 Å². The Kier molecular flexibility index (Phi) is 3.75. The molecule has 0 aliphatic carbocycles. The van der Waals surface area contributed by atoms with Gasteiger partial charge in [-0.25, -0.2) is 9.50 Å². The summed E-state index contributed by atoms with van der Waals surface area (Å²) in [4.78, 5) is 19.4. The van der Waals surface area contributed by atoms with E-state index in [1.807, 2.05) is 32.6 Å². The van der Waals surface area contributed by atoms with Crippen molar-refractivity contribution in [2.24, 2.45) is 0 Å². The van der Waals surface area contributed by atoms with Crippen LogP contribution in [0.25, 0.3) is 5.65 Å². The van der Waals surface area contributed by atoms with Crippen LogP contribution >= 0.6 is 0 Å². The molecule has 0 bridgehead atoms. The molecule has 0 radical (unpaired) electrons. The fourth-order valence-corrected chi connectivity index (χ4v) is 2.84. The third kappa shape index (κ3) is 2.76. The number of rotatable bonds is 2. The number of imidazole rings is 1. The van der Waals surface area contributed by atoms with Gasteiger partial charge in [0.25, 0.3) is 5.91 Å². The standard InChI is InChI=1S/C16H22N4O3/c1-10-8-23-16(3,4)9-19(10)15(21)14-11(2)17-12-6-7-13(22-5)18-20(12)14/h6-7,10H,8-9H2,1-5H3/t10-/m0/s1. The van der Waals surface area contributed by atoms with Gasteiger partial charge in [-0.3, -0.25) is 4.79 Å². The van der Waals surface area contributed by atoms with Crippen molar-refractivity contribution in [3.63, 3.8) is 0 Å². The van der Waals surface area contributed by atoms with Crippen molar-refractivity contribution in [3.8, 4) is 5.88 Å². The molecule has 7 nitrogen and oxygen atoms in total. The summed E-state index contributed by atoms with van der Waals surface area (Å²) in [5.74, 6) is 0.360. The van der Waals surface area contributed by atoms with E-state index in [-0.39, 0.29) is 17.6 Å². The van der Waals surface area contributed by atoms with Crippen LogP contribution in [-0.4, -0.2) is 57.3 Å². The zero-order chi connectivity index (χ0) is 16.8. The van der Waals surface area contributed by atoms with E-state index < -0.39 is 0 Å². The van der Waals surface area contributed by atoms with Crippen LogP contribution in [0.1, 0.15) is 37.0 Å². The highest BCUT2D eigenvalue weighted by atomic mass is 16.5. The molecular formula is C16H22N4O3. The lowest BCUT2D eigenvalue weighted by Gasteiger charge is -2.42. The lowest BCUT2D eigenvalue weighted by molar-refractivity contribution is -0.0981. The molecule has 1 fully saturated rings. The van der Waals surface area contributed by atoms with Crippen LogP contribution in [0.5, 0.6) is 5.88 Å². The van der Waals surface area contributed by atoms with Crippen molar-refractivity contribution in [2.75, 3.05) is 20.3 Å². The minimum Gasteiger partial charge on any atom is -0.480 e. The largest absolute Gasteiger partial charge is 0.480 e. The van der Waals surface area contributed by atoms with Crippen molar-refractivity contribution >= 4 is 11.6 Å². The molecule has 3 heterocycles. The highest BCUT2D eigenvalue weighted by Crippen LogP contribution is 2.24. The van der Waals surface area contributed by atoms with Crippen LogP contribution in [0.3, 0.4) is 0 Å². The molecule has 0 aromatic carbocycles. The quantitative estimate of drug-likeness (QED) is 0.843. The van der Waals surface area contributed by atoms with E-state index in [0.29, 0.717) is 36.1 Å². The smallest absolute Gasteiger partial charge is 0.274 e. The number of aromatic nitrogens is 3. The van der Waals surface area contributed by atoms with Gasteiger partial charge in [0.05, 0.1) is 31.1 Å². The van der Waals surface area contributed by atoms with Gasteiger partial charge in [0.1, 0.15) is 0 Å². The summed E-state index contributed by atoms with van der Waals surface area (Å²) in [5, 5.41) is 4.34. The number of aryl methyl sites for hydroxylation is 1. The zero-order valence-electron chi connectivity index (χ0n) is 14.2. The van der Waals surface area contributed by atoms with E-state index in [1.165, 1.54) is 0 Å². The van der Waals surface area contributed by atoms with Crippen LogP contribution in [0.2, 0.25) is 0 Å². The first kappa shape index (κ1) is 15.7. The second-order valence-corrected chi connectivity index (χ2v) is 6.54. The third-order valence-electron chi connectivity index (χ3n) is 4.10. The molecule has 1 aliphatic rings. The summed E-state index contributed by atoms with van der Waals surface area (Å²) in [5.41, 5.74) is 1.41. The summed E-state index contributed by atoms with van der Waals surface area (Å²) in [6.07, 6.45) is 0. The highest BCUT2D eigenvalue weighted by Gasteiger charge is 2.36. The number of hydrogen-bond acceptors (Lipinski definition) is 5. The van der Waals surface area contributed by atoms with Gasteiger partial charge in [-0.05, 0) is 33.8 Å². The van der Waals surface area contributed by atoms with Crippen LogP contribution < -0.4 is 4.74 Å². The molecule has 0 spiro atoms. The number of morpholine rings is 1. The Morgan fingerprint density at radius 3 is 2.87 bits per heavy atom. The second kappa shape index (κ2) is 5.49. The average molecular weight is 318 g/mol. The summed E-state index contributed by atoms with van der Waals surface area (Å²) in [6.45, 7) is 8.84. The fraction of sp³-hybridized carbons (Fsp3) is 0.562. The van der Waals surface area contributed by atoms with Crippen molar-refractivity contribution in [1.82, 2.24) is 19.5 Å². The van der Waals surface area contributed by atoms with Crippen LogP contribution in [0, 0.1) is 6.92 Å². The first-order valence-corrected chi connectivity index (χ1v) is 7.68. The first-order chi connectivity index (χ1) is 10.8. The van der Waals surface area contributed by atoms with Crippen LogP contribution in [0.4, 0.5) is 0 Å². The summed E-state index contributed by atoms with van der Waals surface area (Å²) in [7, 11) is 1.55. The molecule has 7 heteroatoms. The second-order valence-electron chi connectivity index (χ2n) is 6.54. The van der Waals surface area contributed by atoms with Crippen molar-refractivity contribution < 1.29 is 14.3 Å². The van der Waals surface area contributed by atoms with E-state index in [9.17, 15) is 4.79 Å². The molecule has 3 rings (SSSR count). The number of ether oxygens (including phenoxy) is 2. The number of amides is 1. The van der Waals surface area contributed by atoms with Gasteiger partial charge in [0.2, 0.25) is 5.88 Å². The Labute approximate surface area is 135 Å². The number of carbonyl (C=O) groups is 1. The van der Waals surface area contributed by atoms with E-state index in [4.69, 9.17) is 9.47 Å². The molecule has 1 saturated heterocycles. The van der Waals surface area contributed by atoms with Gasteiger partial charge < -0.3 is 14.4 Å². The molecule has 2 aromatic rings. The Hall–Kier alpha value is -2.15. The Bertz CT molecular complexity index is 753. The van der Waals surface area contributed by atoms with E-state index in [0.717, 1.165) is 0 Å². The van der Waals surface area contributed by atoms with Crippen LogP contribution in [-0.2, 0) is 4.74 Å². The summed E-state index contributed by atoms with van der Waals surface area (Å²) < 4.78 is 12.5. The summed E-state index contributed by atoms with van der Waals surface area (Å²) in [6, 6.07) is 3.53. The van der Waals surface area contributed by atoms with E-state index >= 15 is 0 Å². The summed E-state index contributed by atoms with van der Waals surface area (Å²) >= 11 is 0. The number of nitrogens with zero attached hydrogens (tertiary/aromatic N) is 4. The van der Waals surface area contributed by atoms with Crippen molar-refractivity contribution in [1.29, 1.82) is 0 Å². The Morgan fingerprint density at radius 2 is 2.17 bits per heavy atom. The average Bonchev–Trinajstić information content (AvgIpc) is 2.83. The predicted molar refractivity (Wildman–Crippen MR) is 84.8 cm³/mol. The third-order valence-corrected chi connectivity index (χ3v) is 4.10. The normalized spacial score (nSPS) is 20.7. The van der Waals surface area contributed by atoms with E-state index in [1.54, 1.807) is 23.8 Å². The minimum absolute atomic E-state index is 0.00563. The molecule has 23 heavy (non-hydrogen) atoms. The minimum atomic E-state index is -0.359. The molecule has 0 N–H and O–H groups in total. The SMILES string of the molecule is COc1ccc2nc(C)c(C(=O)N3CC(C)(C)OC[C@@H]3C)n2n1. The lowest BCUT2D eigenvalue weighted by atomic mass is 10.0. The monoisotopic (exact) mass is 318 g/mol. The Balaban J connectivity index is 2.04. The maximum Gasteiger partial charge on any atom is 0.274 e. The highest BCUT2D eigenvalue weighted by molar-refractivity contribution is 5.94. The maximum atomic E-state index is 13.1. The molecule has 1 aliphatic heterocycles. The van der Waals surface area contributed by atoms with Gasteiger partial charge in [-0.15, -0.1) is 5.10 Å². The first-order valence-electron chi connectivity index (χ1n) is 7.68. The number of carbonyl (C=O) groups excluding carboxylic acids is 1. The number of hydrogen-bond donors (Lipinski definition) is 0. The number of fused-ring (bicyclic) bond motifs is 1. The fourth-order valence-electron chi connectivity index (χ4n) is 2.84. The van der Waals surface area contributed by atoms with Gasteiger partial charge in [0, 0.05) is 12.6 Å². The molecule has 0 unspecified atom stereocenters. The van der Waals surface area contributed by atoms with Gasteiger partial charge in [-0.2, -0.15) is 0 Å². The molecule has 1 atom stereocenters. The van der Waals surface area contributed by atoms with E-state index in [2.05, 4.69) is 10.1 Å². The molecule has 124 valence electrons. The van der Waals surface area contributed by atoms with Crippen molar-refractivity contribution in [2.45, 2.75) is 39.3 Å². The number of methoxy groups -OCH3 is 1. The molecular weight excluding hydrogens is 296 g/mol. The molecule has 0 saturated carbocycles. The molecule has 1 amide bonds. The van der Waals surface area contributed by atoms with Gasteiger partial charge in [0.15, 0.2) is 11.3 Å². The van der Waals surface area contributed by atoms with Gasteiger partial charge in [-0.1, -0.05) is 0 Å². The van der Waals surface area contributed by atoms with Crippen LogP contribution in [0.15, 0.2) is 12.1 Å². The zero-order valence-corrected chi connectivity index (χ0v) is 14.2.